The van der Waals surface area contributed by atoms with E-state index in [0.717, 1.165) is 0 Å². The second kappa shape index (κ2) is 4.13. The summed E-state index contributed by atoms with van der Waals surface area (Å²) in [5, 5.41) is 5.46. The van der Waals surface area contributed by atoms with E-state index in [0.29, 0.717) is 0 Å². The molecule has 0 N–H and O–H groups in total. The molecule has 0 aromatic heterocycles. The molecule has 0 fully saturated rings. The van der Waals surface area contributed by atoms with Crippen LogP contribution in [0.25, 0.3) is 21.9 Å². The van der Waals surface area contributed by atoms with Crippen molar-refractivity contribution < 1.29 is 0 Å². The van der Waals surface area contributed by atoms with E-state index in [2.05, 4.69) is 64.1 Å². The number of fused-ring (bicyclic) bond motifs is 1. The highest BCUT2D eigenvalue weighted by molar-refractivity contribution is 5.84. The van der Waals surface area contributed by atoms with E-state index in [1.807, 2.05) is 0 Å². The van der Waals surface area contributed by atoms with Crippen LogP contribution in [0.3, 0.4) is 0 Å². The molecule has 0 saturated heterocycles. The van der Waals surface area contributed by atoms with Crippen LogP contribution < -0.4 is 10.4 Å². The van der Waals surface area contributed by atoms with Crippen LogP contribution in [0.5, 0.6) is 0 Å². The van der Waals surface area contributed by atoms with Gasteiger partial charge in [0.15, 0.2) is 0 Å². The Kier molecular flexibility index (Phi) is 2.82. The maximum atomic E-state index is 2.24. The smallest absolute Gasteiger partial charge is 0.0106 e. The van der Waals surface area contributed by atoms with Gasteiger partial charge in [0.25, 0.3) is 0 Å². The van der Waals surface area contributed by atoms with Gasteiger partial charge < -0.3 is 0 Å². The van der Waals surface area contributed by atoms with E-state index in [-0.39, 0.29) is 0 Å². The van der Waals surface area contributed by atoms with Crippen LogP contribution in [0.1, 0.15) is 27.7 Å². The van der Waals surface area contributed by atoms with E-state index in [9.17, 15) is 0 Å². The first-order valence-corrected chi connectivity index (χ1v) is 5.74. The molecule has 0 heterocycles. The third-order valence-electron chi connectivity index (χ3n) is 2.97. The largest absolute Gasteiger partial charge is 0.0686 e. The van der Waals surface area contributed by atoms with Gasteiger partial charge in [-0.1, -0.05) is 47.5 Å². The summed E-state index contributed by atoms with van der Waals surface area (Å²) in [5.74, 6) is 0. The predicted octanol–water partition coefficient (Wildman–Crippen LogP) is 3.22. The molecule has 2 aromatic carbocycles. The Morgan fingerprint density at radius 1 is 0.750 bits per heavy atom. The predicted molar refractivity (Wildman–Crippen MR) is 72.7 cm³/mol. The van der Waals surface area contributed by atoms with Crippen LogP contribution >= 0.6 is 0 Å². The van der Waals surface area contributed by atoms with Crippen LogP contribution in [0.15, 0.2) is 36.4 Å². The molecule has 0 saturated carbocycles. The van der Waals surface area contributed by atoms with Crippen molar-refractivity contribution in [3.63, 3.8) is 0 Å². The lowest BCUT2D eigenvalue weighted by Crippen LogP contribution is -2.28. The van der Waals surface area contributed by atoms with Crippen molar-refractivity contribution >= 4 is 21.9 Å². The molecule has 0 heteroatoms. The number of rotatable bonds is 0. The SMILES string of the molecule is CC(C)=c1ccc2ccccc2c1=C(C)C. The summed E-state index contributed by atoms with van der Waals surface area (Å²) in [5.41, 5.74) is 2.76. The minimum absolute atomic E-state index is 1.32. The van der Waals surface area contributed by atoms with E-state index >= 15 is 0 Å². The standard InChI is InChI=1S/C16H18/c1-11(2)14-10-9-13-7-5-6-8-15(13)16(14)12(3)4/h5-10H,1-4H3. The molecule has 0 radical (unpaired) electrons. The highest BCUT2D eigenvalue weighted by Crippen LogP contribution is 2.08. The Balaban J connectivity index is 3.18. The highest BCUT2D eigenvalue weighted by atomic mass is 14.0. The van der Waals surface area contributed by atoms with Gasteiger partial charge >= 0.3 is 0 Å². The van der Waals surface area contributed by atoms with Gasteiger partial charge in [0.05, 0.1) is 0 Å². The summed E-state index contributed by atoms with van der Waals surface area (Å²) in [6.07, 6.45) is 0. The first kappa shape index (κ1) is 10.9. The molecule has 2 aromatic rings. The summed E-state index contributed by atoms with van der Waals surface area (Å²) in [6, 6.07) is 13.0. The highest BCUT2D eigenvalue weighted by Gasteiger charge is 1.98. The van der Waals surface area contributed by atoms with Crippen LogP contribution in [0, 0.1) is 0 Å². The lowest BCUT2D eigenvalue weighted by molar-refractivity contribution is 1.42. The molecule has 16 heavy (non-hydrogen) atoms. The molecule has 0 unspecified atom stereocenters. The van der Waals surface area contributed by atoms with Crippen molar-refractivity contribution in [3.05, 3.63) is 46.8 Å². The summed E-state index contributed by atoms with van der Waals surface area (Å²) in [4.78, 5) is 0. The lowest BCUT2D eigenvalue weighted by Gasteiger charge is -2.03. The van der Waals surface area contributed by atoms with Gasteiger partial charge in [0.2, 0.25) is 0 Å². The van der Waals surface area contributed by atoms with Crippen molar-refractivity contribution in [2.45, 2.75) is 27.7 Å². The lowest BCUT2D eigenvalue weighted by atomic mass is 10.0. The van der Waals surface area contributed by atoms with Gasteiger partial charge in [-0.3, -0.25) is 0 Å². The first-order chi connectivity index (χ1) is 7.61. The Labute approximate surface area is 96.9 Å². The second-order valence-electron chi connectivity index (χ2n) is 4.71. The molecule has 0 aliphatic heterocycles. The summed E-state index contributed by atoms with van der Waals surface area (Å²) >= 11 is 0. The summed E-state index contributed by atoms with van der Waals surface area (Å²) in [7, 11) is 0. The second-order valence-corrected chi connectivity index (χ2v) is 4.71. The van der Waals surface area contributed by atoms with Gasteiger partial charge in [-0.2, -0.15) is 0 Å². The van der Waals surface area contributed by atoms with Gasteiger partial charge in [-0.15, -0.1) is 0 Å². The van der Waals surface area contributed by atoms with E-state index in [4.69, 9.17) is 0 Å². The van der Waals surface area contributed by atoms with Crippen LogP contribution in [0.2, 0.25) is 0 Å². The molecule has 2 rings (SSSR count). The summed E-state index contributed by atoms with van der Waals surface area (Å²) < 4.78 is 0. The monoisotopic (exact) mass is 210 g/mol. The fourth-order valence-electron chi connectivity index (χ4n) is 2.23. The van der Waals surface area contributed by atoms with Crippen LogP contribution in [-0.4, -0.2) is 0 Å². The Morgan fingerprint density at radius 2 is 1.44 bits per heavy atom. The van der Waals surface area contributed by atoms with Crippen LogP contribution in [-0.2, 0) is 0 Å². The van der Waals surface area contributed by atoms with Crippen molar-refractivity contribution in [1.82, 2.24) is 0 Å². The molecule has 0 nitrogen and oxygen atoms in total. The molecule has 0 atom stereocenters. The normalized spacial score (nSPS) is 10.5. The van der Waals surface area contributed by atoms with Gasteiger partial charge in [0.1, 0.15) is 0 Å². The molecule has 0 aliphatic rings. The minimum Gasteiger partial charge on any atom is -0.0686 e. The molecular formula is C16H18. The Bertz CT molecular complexity index is 637. The zero-order chi connectivity index (χ0) is 11.7. The molecular weight excluding hydrogens is 192 g/mol. The molecule has 0 aliphatic carbocycles. The maximum absolute atomic E-state index is 2.24. The maximum Gasteiger partial charge on any atom is -0.0106 e. The zero-order valence-electron chi connectivity index (χ0n) is 10.5. The van der Waals surface area contributed by atoms with Crippen molar-refractivity contribution in [1.29, 1.82) is 0 Å². The van der Waals surface area contributed by atoms with Crippen LogP contribution in [0.4, 0.5) is 0 Å². The number of hydrogen-bond acceptors (Lipinski definition) is 0. The fourth-order valence-corrected chi connectivity index (χ4v) is 2.23. The summed E-state index contributed by atoms with van der Waals surface area (Å²) in [6.45, 7) is 8.73. The van der Waals surface area contributed by atoms with Crippen molar-refractivity contribution in [3.8, 4) is 0 Å². The van der Waals surface area contributed by atoms with Gasteiger partial charge in [-0.05, 0) is 48.9 Å². The Morgan fingerprint density at radius 3 is 2.06 bits per heavy atom. The minimum atomic E-state index is 1.32. The average molecular weight is 210 g/mol. The van der Waals surface area contributed by atoms with E-state index in [1.165, 1.54) is 32.4 Å². The fraction of sp³-hybridized carbons (Fsp3) is 0.250. The molecule has 82 valence electrons. The third kappa shape index (κ3) is 1.76. The molecule has 0 amide bonds. The quantitative estimate of drug-likeness (QED) is 0.626. The zero-order valence-corrected chi connectivity index (χ0v) is 10.5. The van der Waals surface area contributed by atoms with Gasteiger partial charge in [-0.25, -0.2) is 0 Å². The first-order valence-electron chi connectivity index (χ1n) is 5.74. The number of benzene rings is 2. The third-order valence-corrected chi connectivity index (χ3v) is 2.97. The molecule has 0 bridgehead atoms. The van der Waals surface area contributed by atoms with E-state index < -0.39 is 0 Å². The Hall–Kier alpha value is -1.56. The van der Waals surface area contributed by atoms with E-state index in [1.54, 1.807) is 0 Å². The van der Waals surface area contributed by atoms with Gasteiger partial charge in [0, 0.05) is 0 Å². The molecule has 0 spiro atoms. The van der Waals surface area contributed by atoms with Crippen molar-refractivity contribution in [2.24, 2.45) is 0 Å². The number of hydrogen-bond donors (Lipinski definition) is 0. The topological polar surface area (TPSA) is 0 Å². The van der Waals surface area contributed by atoms with Crippen molar-refractivity contribution in [2.75, 3.05) is 0 Å². The average Bonchev–Trinajstić information content (AvgIpc) is 2.27.